The van der Waals surface area contributed by atoms with Crippen LogP contribution in [0.2, 0.25) is 0 Å². The third-order valence-electron chi connectivity index (χ3n) is 8.63. The van der Waals surface area contributed by atoms with E-state index in [2.05, 4.69) is 20.2 Å². The fraction of sp³-hybridized carbons (Fsp3) is 0.333. The molecule has 0 atom stereocenters. The topological polar surface area (TPSA) is 123 Å². The van der Waals surface area contributed by atoms with Gasteiger partial charge in [0.2, 0.25) is 11.2 Å². The predicted octanol–water partition coefficient (Wildman–Crippen LogP) is 4.21. The number of rotatable bonds is 10. The number of carbonyl (C=O) groups excluding carboxylic acids is 2. The number of aromatic nitrogens is 8. The SMILES string of the molecule is CCn1nc(C)cc1C(=O)/N=c1\n(C)c2ccccc2n1C/C=C/Cn1/c(=N/C(=O)c2cc(C)nn2CC)n(C)c2cccc(COC)c21. The summed E-state index contributed by atoms with van der Waals surface area (Å²) in [6.45, 7) is 10.1. The lowest BCUT2D eigenvalue weighted by Crippen LogP contribution is -2.27. The van der Waals surface area contributed by atoms with Gasteiger partial charge in [-0.3, -0.25) is 19.0 Å². The summed E-state index contributed by atoms with van der Waals surface area (Å²) >= 11 is 0. The van der Waals surface area contributed by atoms with E-state index in [0.717, 1.165) is 39.0 Å². The average molecular weight is 663 g/mol. The van der Waals surface area contributed by atoms with Crippen molar-refractivity contribution in [3.8, 4) is 0 Å². The summed E-state index contributed by atoms with van der Waals surface area (Å²) in [7, 11) is 5.49. The molecule has 0 N–H and O–H groups in total. The average Bonchev–Trinajstić information content (AvgIpc) is 3.82. The molecule has 0 unspecified atom stereocenters. The Bertz CT molecular complexity index is 2370. The number of carbonyl (C=O) groups is 2. The highest BCUT2D eigenvalue weighted by Crippen LogP contribution is 2.19. The standard InChI is InChI=1S/C36H42N10O3/c1-8-45-30(21-24(3)39-45)33(47)37-35-41(5)27-16-10-11-17-28(27)43(35)19-12-13-20-44-32-26(23-49-7)15-14-18-29(32)42(6)36(44)38-34(48)31-22-25(4)40-46(31)9-2/h10-18,21-22H,8-9,19-20,23H2,1-7H3/b13-12+,37-35+,38-36+. The fourth-order valence-electron chi connectivity index (χ4n) is 6.39. The molecule has 0 aliphatic rings. The molecule has 0 spiro atoms. The molecule has 6 aromatic rings. The monoisotopic (exact) mass is 662 g/mol. The molecule has 13 nitrogen and oxygen atoms in total. The molecule has 0 aliphatic heterocycles. The van der Waals surface area contributed by atoms with Crippen molar-refractivity contribution < 1.29 is 14.3 Å². The predicted molar refractivity (Wildman–Crippen MR) is 187 cm³/mol. The number of benzene rings is 2. The second-order valence-electron chi connectivity index (χ2n) is 11.9. The number of methoxy groups -OCH3 is 1. The van der Waals surface area contributed by atoms with Gasteiger partial charge in [-0.25, -0.2) is 0 Å². The minimum absolute atomic E-state index is 0.349. The number of fused-ring (bicyclic) bond motifs is 2. The third kappa shape index (κ3) is 6.24. The highest BCUT2D eigenvalue weighted by molar-refractivity contribution is 5.94. The zero-order valence-corrected chi connectivity index (χ0v) is 29.1. The van der Waals surface area contributed by atoms with Crippen molar-refractivity contribution in [1.82, 2.24) is 37.8 Å². The van der Waals surface area contributed by atoms with Gasteiger partial charge in [0.1, 0.15) is 11.4 Å². The summed E-state index contributed by atoms with van der Waals surface area (Å²) in [5, 5.41) is 8.87. The molecule has 4 heterocycles. The minimum Gasteiger partial charge on any atom is -0.380 e. The Morgan fingerprint density at radius 1 is 0.735 bits per heavy atom. The first kappa shape index (κ1) is 33.3. The molecule has 2 aromatic carbocycles. The molecular formula is C36H42N10O3. The largest absolute Gasteiger partial charge is 0.380 e. The maximum absolute atomic E-state index is 13.6. The van der Waals surface area contributed by atoms with Gasteiger partial charge in [-0.1, -0.05) is 36.4 Å². The van der Waals surface area contributed by atoms with E-state index in [4.69, 9.17) is 4.74 Å². The van der Waals surface area contributed by atoms with Gasteiger partial charge in [0.25, 0.3) is 11.8 Å². The van der Waals surface area contributed by atoms with Crippen LogP contribution in [-0.4, -0.2) is 56.8 Å². The lowest BCUT2D eigenvalue weighted by atomic mass is 10.2. The van der Waals surface area contributed by atoms with Gasteiger partial charge in [-0.15, -0.1) is 0 Å². The Balaban J connectivity index is 1.42. The first-order valence-electron chi connectivity index (χ1n) is 16.4. The van der Waals surface area contributed by atoms with Crippen molar-refractivity contribution in [3.63, 3.8) is 0 Å². The lowest BCUT2D eigenvalue weighted by Gasteiger charge is -2.07. The van der Waals surface area contributed by atoms with E-state index < -0.39 is 0 Å². The Kier molecular flexibility index (Phi) is 9.45. The van der Waals surface area contributed by atoms with Crippen LogP contribution >= 0.6 is 0 Å². The third-order valence-corrected chi connectivity index (χ3v) is 8.63. The number of aryl methyl sites for hydroxylation is 6. The van der Waals surface area contributed by atoms with Crippen LogP contribution in [0.4, 0.5) is 0 Å². The van der Waals surface area contributed by atoms with Crippen molar-refractivity contribution >= 4 is 33.9 Å². The summed E-state index contributed by atoms with van der Waals surface area (Å²) < 4.78 is 16.8. The molecule has 0 saturated heterocycles. The summed E-state index contributed by atoms with van der Waals surface area (Å²) in [4.78, 5) is 36.3. The van der Waals surface area contributed by atoms with Crippen molar-refractivity contribution in [2.75, 3.05) is 7.11 Å². The molecule has 6 rings (SSSR count). The van der Waals surface area contributed by atoms with Gasteiger partial charge in [0.15, 0.2) is 0 Å². The first-order chi connectivity index (χ1) is 23.7. The highest BCUT2D eigenvalue weighted by Gasteiger charge is 2.18. The van der Waals surface area contributed by atoms with Crippen molar-refractivity contribution in [3.05, 3.63) is 106 Å². The molecule has 49 heavy (non-hydrogen) atoms. The van der Waals surface area contributed by atoms with Gasteiger partial charge in [-0.05, 0) is 58.0 Å². The molecule has 13 heteroatoms. The fourth-order valence-corrected chi connectivity index (χ4v) is 6.39. The zero-order chi connectivity index (χ0) is 34.8. The van der Waals surface area contributed by atoms with E-state index in [1.165, 1.54) is 0 Å². The molecule has 0 aliphatic carbocycles. The second-order valence-corrected chi connectivity index (χ2v) is 11.9. The van der Waals surface area contributed by atoms with E-state index in [1.54, 1.807) is 28.6 Å². The van der Waals surface area contributed by atoms with Crippen molar-refractivity contribution in [2.24, 2.45) is 24.1 Å². The van der Waals surface area contributed by atoms with E-state index in [9.17, 15) is 9.59 Å². The van der Waals surface area contributed by atoms with Gasteiger partial charge in [0, 0.05) is 52.9 Å². The van der Waals surface area contributed by atoms with Crippen LogP contribution in [0.5, 0.6) is 0 Å². The summed E-state index contributed by atoms with van der Waals surface area (Å²) in [5.74, 6) is -0.709. The lowest BCUT2D eigenvalue weighted by molar-refractivity contribution is 0.0977. The maximum atomic E-state index is 13.6. The molecule has 2 amide bonds. The second kappa shape index (κ2) is 13.9. The first-order valence-corrected chi connectivity index (χ1v) is 16.4. The van der Waals surface area contributed by atoms with Crippen LogP contribution in [-0.2, 0) is 51.6 Å². The zero-order valence-electron chi connectivity index (χ0n) is 29.1. The van der Waals surface area contributed by atoms with Crippen LogP contribution in [0.15, 0.2) is 76.7 Å². The molecule has 0 radical (unpaired) electrons. The van der Waals surface area contributed by atoms with Crippen LogP contribution < -0.4 is 11.2 Å². The molecule has 0 bridgehead atoms. The number of ether oxygens (including phenoxy) is 1. The molecule has 0 fully saturated rings. The van der Waals surface area contributed by atoms with E-state index in [1.807, 2.05) is 115 Å². The van der Waals surface area contributed by atoms with Crippen LogP contribution in [0, 0.1) is 13.8 Å². The molecule has 254 valence electrons. The summed E-state index contributed by atoms with van der Waals surface area (Å²) in [5.41, 5.74) is 8.23. The number of allylic oxidation sites excluding steroid dienone is 2. The number of amides is 2. The number of hydrogen-bond acceptors (Lipinski definition) is 5. The quantitative estimate of drug-likeness (QED) is 0.204. The Morgan fingerprint density at radius 2 is 1.24 bits per heavy atom. The Morgan fingerprint density at radius 3 is 1.82 bits per heavy atom. The number of imidazole rings is 2. The molecule has 0 saturated carbocycles. The Labute approximate surface area is 283 Å². The van der Waals surface area contributed by atoms with Crippen molar-refractivity contribution in [2.45, 2.75) is 60.5 Å². The van der Waals surface area contributed by atoms with E-state index >= 15 is 0 Å². The van der Waals surface area contributed by atoms with Crippen LogP contribution in [0.3, 0.4) is 0 Å². The maximum Gasteiger partial charge on any atom is 0.298 e. The number of hydrogen-bond donors (Lipinski definition) is 0. The molecular weight excluding hydrogens is 620 g/mol. The van der Waals surface area contributed by atoms with Gasteiger partial charge < -0.3 is 23.0 Å². The Hall–Kier alpha value is -5.56. The van der Waals surface area contributed by atoms with Gasteiger partial charge in [0.05, 0.1) is 40.1 Å². The normalized spacial score (nSPS) is 12.8. The summed E-state index contributed by atoms with van der Waals surface area (Å²) in [6.07, 6.45) is 4.09. The van der Waals surface area contributed by atoms with Crippen LogP contribution in [0.1, 0.15) is 51.8 Å². The minimum atomic E-state index is -0.360. The van der Waals surface area contributed by atoms with E-state index in [0.29, 0.717) is 55.4 Å². The highest BCUT2D eigenvalue weighted by atomic mass is 16.5. The van der Waals surface area contributed by atoms with E-state index in [-0.39, 0.29) is 11.8 Å². The van der Waals surface area contributed by atoms with Gasteiger partial charge in [-0.2, -0.15) is 20.2 Å². The van der Waals surface area contributed by atoms with Gasteiger partial charge >= 0.3 is 0 Å². The summed E-state index contributed by atoms with van der Waals surface area (Å²) in [6, 6.07) is 17.5. The van der Waals surface area contributed by atoms with Crippen LogP contribution in [0.25, 0.3) is 22.1 Å². The van der Waals surface area contributed by atoms with Crippen molar-refractivity contribution in [1.29, 1.82) is 0 Å². The number of nitrogens with zero attached hydrogens (tertiary/aromatic N) is 10. The molecule has 4 aromatic heterocycles. The smallest absolute Gasteiger partial charge is 0.298 e. The number of para-hydroxylation sites is 3.